The first-order valence-electron chi connectivity index (χ1n) is 6.26. The largest absolute Gasteiger partial charge is 0.496 e. The molecule has 21 heavy (non-hydrogen) atoms. The summed E-state index contributed by atoms with van der Waals surface area (Å²) < 4.78 is 5.20. The van der Waals surface area contributed by atoms with Crippen LogP contribution in [0.4, 0.5) is 5.69 Å². The van der Waals surface area contributed by atoms with E-state index in [1.54, 1.807) is 31.5 Å². The van der Waals surface area contributed by atoms with Gasteiger partial charge in [-0.3, -0.25) is 4.79 Å². The highest BCUT2D eigenvalue weighted by Gasteiger charge is 2.18. The summed E-state index contributed by atoms with van der Waals surface area (Å²) >= 11 is 1.10. The van der Waals surface area contributed by atoms with Gasteiger partial charge in [-0.2, -0.15) is 0 Å². The van der Waals surface area contributed by atoms with Gasteiger partial charge in [0.1, 0.15) is 10.6 Å². The number of carboxylic acid groups (broad SMARTS) is 1. The van der Waals surface area contributed by atoms with Crippen LogP contribution >= 0.6 is 11.3 Å². The van der Waals surface area contributed by atoms with E-state index in [4.69, 9.17) is 9.84 Å². The Bertz CT molecular complexity index is 678. The molecule has 2 N–H and O–H groups in total. The number of hydrogen-bond acceptors (Lipinski definition) is 4. The molecule has 110 valence electrons. The lowest BCUT2D eigenvalue weighted by Crippen LogP contribution is -2.16. The van der Waals surface area contributed by atoms with Crippen molar-refractivity contribution in [2.45, 2.75) is 13.3 Å². The molecule has 0 aliphatic heterocycles. The molecular weight excluding hydrogens is 290 g/mol. The number of benzene rings is 1. The van der Waals surface area contributed by atoms with Crippen LogP contribution in [0, 0.1) is 6.92 Å². The number of anilines is 1. The van der Waals surface area contributed by atoms with E-state index in [-0.39, 0.29) is 17.2 Å². The molecule has 1 aromatic heterocycles. The zero-order chi connectivity index (χ0) is 15.4. The minimum absolute atomic E-state index is 0.123. The van der Waals surface area contributed by atoms with Gasteiger partial charge in [0.25, 0.3) is 0 Å². The van der Waals surface area contributed by atoms with Gasteiger partial charge in [-0.15, -0.1) is 11.3 Å². The molecule has 0 fully saturated rings. The molecule has 0 spiro atoms. The van der Waals surface area contributed by atoms with Crippen LogP contribution in [0.15, 0.2) is 29.6 Å². The number of aryl methyl sites for hydroxylation is 1. The lowest BCUT2D eigenvalue weighted by atomic mass is 10.1. The van der Waals surface area contributed by atoms with Crippen LogP contribution in [-0.4, -0.2) is 24.1 Å². The average molecular weight is 305 g/mol. The van der Waals surface area contributed by atoms with Gasteiger partial charge in [-0.1, -0.05) is 18.2 Å². The van der Waals surface area contributed by atoms with Crippen LogP contribution in [0.5, 0.6) is 5.75 Å². The van der Waals surface area contributed by atoms with Crippen LogP contribution in [0.1, 0.15) is 20.8 Å². The van der Waals surface area contributed by atoms with Crippen molar-refractivity contribution in [2.24, 2.45) is 0 Å². The van der Waals surface area contributed by atoms with E-state index in [1.807, 2.05) is 12.1 Å². The Kier molecular flexibility index (Phi) is 4.59. The monoisotopic (exact) mass is 305 g/mol. The van der Waals surface area contributed by atoms with Crippen LogP contribution in [0.25, 0.3) is 0 Å². The molecule has 0 atom stereocenters. The fourth-order valence-electron chi connectivity index (χ4n) is 1.96. The lowest BCUT2D eigenvalue weighted by molar-refractivity contribution is -0.115. The molecule has 0 radical (unpaired) electrons. The summed E-state index contributed by atoms with van der Waals surface area (Å²) in [6.07, 6.45) is 0.123. The SMILES string of the molecule is COc1ccccc1CC(=O)Nc1c(C)csc1C(=O)O. The average Bonchev–Trinajstić information content (AvgIpc) is 2.81. The first-order valence-corrected chi connectivity index (χ1v) is 7.14. The molecule has 0 aliphatic carbocycles. The highest BCUT2D eigenvalue weighted by Crippen LogP contribution is 2.28. The maximum atomic E-state index is 12.1. The predicted molar refractivity (Wildman–Crippen MR) is 81.3 cm³/mol. The quantitative estimate of drug-likeness (QED) is 0.890. The van der Waals surface area contributed by atoms with Crippen molar-refractivity contribution in [3.8, 4) is 5.75 Å². The van der Waals surface area contributed by atoms with Gasteiger partial charge in [0.2, 0.25) is 5.91 Å². The second-order valence-electron chi connectivity index (χ2n) is 4.46. The van der Waals surface area contributed by atoms with Gasteiger partial charge < -0.3 is 15.2 Å². The number of nitrogens with one attached hydrogen (secondary N) is 1. The Balaban J connectivity index is 2.16. The van der Waals surface area contributed by atoms with Crippen molar-refractivity contribution in [3.63, 3.8) is 0 Å². The number of ether oxygens (including phenoxy) is 1. The minimum Gasteiger partial charge on any atom is -0.496 e. The van der Waals surface area contributed by atoms with E-state index in [1.165, 1.54) is 0 Å². The van der Waals surface area contributed by atoms with Gasteiger partial charge >= 0.3 is 5.97 Å². The molecule has 2 aromatic rings. The van der Waals surface area contributed by atoms with E-state index in [0.29, 0.717) is 11.4 Å². The van der Waals surface area contributed by atoms with Crippen molar-refractivity contribution in [1.29, 1.82) is 0 Å². The molecule has 2 rings (SSSR count). The van der Waals surface area contributed by atoms with Crippen molar-refractivity contribution >= 4 is 28.9 Å². The molecular formula is C15H15NO4S. The Hall–Kier alpha value is -2.34. The van der Waals surface area contributed by atoms with E-state index >= 15 is 0 Å². The number of carbonyl (C=O) groups excluding carboxylic acids is 1. The van der Waals surface area contributed by atoms with Crippen LogP contribution < -0.4 is 10.1 Å². The predicted octanol–water partition coefficient (Wildman–Crippen LogP) is 2.94. The summed E-state index contributed by atoms with van der Waals surface area (Å²) in [6.45, 7) is 1.77. The number of thiophene rings is 1. The number of hydrogen-bond donors (Lipinski definition) is 2. The maximum absolute atomic E-state index is 12.1. The van der Waals surface area contributed by atoms with E-state index in [0.717, 1.165) is 22.5 Å². The fraction of sp³-hybridized carbons (Fsp3) is 0.200. The molecule has 5 nitrogen and oxygen atoms in total. The number of rotatable bonds is 5. The standard InChI is InChI=1S/C15H15NO4S/c1-9-8-21-14(15(18)19)13(9)16-12(17)7-10-5-3-4-6-11(10)20-2/h3-6,8H,7H2,1-2H3,(H,16,17)(H,18,19). The van der Waals surface area contributed by atoms with Gasteiger partial charge in [0.05, 0.1) is 19.2 Å². The third-order valence-electron chi connectivity index (χ3n) is 2.98. The van der Waals surface area contributed by atoms with Gasteiger partial charge in [-0.25, -0.2) is 4.79 Å². The molecule has 1 aromatic carbocycles. The van der Waals surface area contributed by atoms with Gasteiger partial charge in [0, 0.05) is 5.56 Å². The van der Waals surface area contributed by atoms with Crippen LogP contribution in [0.2, 0.25) is 0 Å². The molecule has 0 unspecified atom stereocenters. The zero-order valence-corrected chi connectivity index (χ0v) is 12.5. The lowest BCUT2D eigenvalue weighted by Gasteiger charge is -2.09. The summed E-state index contributed by atoms with van der Waals surface area (Å²) in [6, 6.07) is 7.23. The smallest absolute Gasteiger partial charge is 0.348 e. The minimum atomic E-state index is -1.04. The topological polar surface area (TPSA) is 75.6 Å². The van der Waals surface area contributed by atoms with E-state index in [2.05, 4.69) is 5.32 Å². The molecule has 0 saturated heterocycles. The van der Waals surface area contributed by atoms with Crippen LogP contribution in [0.3, 0.4) is 0 Å². The number of carboxylic acids is 1. The molecule has 1 heterocycles. The van der Waals surface area contributed by atoms with E-state index in [9.17, 15) is 9.59 Å². The summed E-state index contributed by atoms with van der Waals surface area (Å²) in [7, 11) is 1.54. The van der Waals surface area contributed by atoms with Crippen LogP contribution in [-0.2, 0) is 11.2 Å². The third-order valence-corrected chi connectivity index (χ3v) is 4.06. The fourth-order valence-corrected chi connectivity index (χ4v) is 2.81. The molecule has 0 bridgehead atoms. The molecule has 0 saturated carbocycles. The number of amides is 1. The Morgan fingerprint density at radius 1 is 1.33 bits per heavy atom. The Morgan fingerprint density at radius 2 is 2.05 bits per heavy atom. The normalized spacial score (nSPS) is 10.2. The molecule has 6 heteroatoms. The maximum Gasteiger partial charge on any atom is 0.348 e. The van der Waals surface area contributed by atoms with Gasteiger partial charge in [0.15, 0.2) is 0 Å². The first kappa shape index (κ1) is 15.1. The summed E-state index contributed by atoms with van der Waals surface area (Å²) in [5.74, 6) is -0.683. The zero-order valence-electron chi connectivity index (χ0n) is 11.7. The second-order valence-corrected chi connectivity index (χ2v) is 5.34. The van der Waals surface area contributed by atoms with Gasteiger partial charge in [-0.05, 0) is 23.9 Å². The van der Waals surface area contributed by atoms with Crippen molar-refractivity contribution in [1.82, 2.24) is 0 Å². The summed E-state index contributed by atoms with van der Waals surface area (Å²) in [4.78, 5) is 23.4. The summed E-state index contributed by atoms with van der Waals surface area (Å²) in [5.41, 5.74) is 1.86. The van der Waals surface area contributed by atoms with Crippen molar-refractivity contribution in [3.05, 3.63) is 45.6 Å². The number of methoxy groups -OCH3 is 1. The number of para-hydroxylation sites is 1. The molecule has 1 amide bonds. The highest BCUT2D eigenvalue weighted by atomic mass is 32.1. The highest BCUT2D eigenvalue weighted by molar-refractivity contribution is 7.12. The first-order chi connectivity index (χ1) is 10.0. The molecule has 0 aliphatic rings. The Labute approximate surface area is 126 Å². The van der Waals surface area contributed by atoms with Crippen molar-refractivity contribution < 1.29 is 19.4 Å². The second kappa shape index (κ2) is 6.41. The van der Waals surface area contributed by atoms with Crippen molar-refractivity contribution in [2.75, 3.05) is 12.4 Å². The Morgan fingerprint density at radius 3 is 2.71 bits per heavy atom. The number of carbonyl (C=O) groups is 2. The number of aromatic carboxylic acids is 1. The summed E-state index contributed by atoms with van der Waals surface area (Å²) in [5, 5.41) is 13.5. The third kappa shape index (κ3) is 3.41. The van der Waals surface area contributed by atoms with E-state index < -0.39 is 5.97 Å².